The first-order valence-electron chi connectivity index (χ1n) is 20.4. The summed E-state index contributed by atoms with van der Waals surface area (Å²) in [5.74, 6) is 1.62. The summed E-state index contributed by atoms with van der Waals surface area (Å²) in [6.07, 6.45) is 11.9. The smallest absolute Gasteiger partial charge is 0.159 e. The van der Waals surface area contributed by atoms with Gasteiger partial charge in [0, 0.05) is 29.1 Å². The first-order chi connectivity index (χ1) is 26.2. The van der Waals surface area contributed by atoms with Gasteiger partial charge in [-0.15, -0.1) is 0 Å². The molecular weight excluding hydrogens is 661 g/mol. The van der Waals surface area contributed by atoms with Gasteiger partial charge in [0.2, 0.25) is 0 Å². The second-order valence-corrected chi connectivity index (χ2v) is 19.5. The van der Waals surface area contributed by atoms with Crippen LogP contribution in [-0.4, -0.2) is 12.2 Å². The Bertz CT molecular complexity index is 3690. The summed E-state index contributed by atoms with van der Waals surface area (Å²) in [6.45, 7) is 0. The molecule has 1 fully saturated rings. The number of thiocarbonyl (C=S) groups is 1. The maximum Gasteiger partial charge on any atom is 0.159 e. The standard InChI is InChI=1S/C51H30OS/c1-52-27(53)8-5-9-50(25-6-3-2-4-7-25)49-26-16-23-14-20-12-21-11-18-10-19-13-22-15-24-17-51(49,50)48-34(24)39-33(22)38-29(19)28(18)36-32(21)37-30(20)31(23)40-35(26)47(48)46-44(39)42(38)41(36)43(37)45(40)46/h2-4,6-7,12,15-16,19,24,49H,5,8-11,13-14,17H2,1H3. The molecule has 1 spiro atoms. The van der Waals surface area contributed by atoms with Gasteiger partial charge in [0.05, 0.1) is 7.11 Å². The zero-order chi connectivity index (χ0) is 33.5. The van der Waals surface area contributed by atoms with Crippen LogP contribution in [0.3, 0.4) is 0 Å². The fourth-order valence-electron chi connectivity index (χ4n) is 17.0. The van der Waals surface area contributed by atoms with Crippen molar-refractivity contribution in [2.75, 3.05) is 7.11 Å². The number of hydrogen-bond acceptors (Lipinski definition) is 2. The maximum absolute atomic E-state index is 5.70. The Morgan fingerprint density at radius 3 is 2.28 bits per heavy atom. The Balaban J connectivity index is 1.15. The van der Waals surface area contributed by atoms with Crippen LogP contribution in [0.4, 0.5) is 0 Å². The van der Waals surface area contributed by atoms with Gasteiger partial charge < -0.3 is 4.74 Å². The Hall–Kier alpha value is -4.79. The first-order valence-corrected chi connectivity index (χ1v) is 20.8. The summed E-state index contributed by atoms with van der Waals surface area (Å²) in [4.78, 5) is 0. The van der Waals surface area contributed by atoms with Gasteiger partial charge in [-0.05, 0) is 210 Å². The van der Waals surface area contributed by atoms with Gasteiger partial charge in [-0.1, -0.05) is 54.1 Å². The van der Waals surface area contributed by atoms with E-state index in [1.165, 1.54) is 19.3 Å². The number of benzene rings is 7. The van der Waals surface area contributed by atoms with Crippen molar-refractivity contribution in [2.45, 2.75) is 80.0 Å². The van der Waals surface area contributed by atoms with Crippen molar-refractivity contribution in [3.05, 3.63) is 104 Å². The van der Waals surface area contributed by atoms with Gasteiger partial charge in [0.15, 0.2) is 5.05 Å². The van der Waals surface area contributed by atoms with Crippen LogP contribution in [0.25, 0.3) is 97.3 Å². The molecule has 5 unspecified atom stereocenters. The van der Waals surface area contributed by atoms with Crippen LogP contribution >= 0.6 is 12.2 Å². The van der Waals surface area contributed by atoms with Gasteiger partial charge in [0.1, 0.15) is 0 Å². The third-order valence-electron chi connectivity index (χ3n) is 17.8. The molecule has 246 valence electrons. The van der Waals surface area contributed by atoms with Crippen LogP contribution in [0.15, 0.2) is 48.5 Å². The Labute approximate surface area is 308 Å². The molecule has 8 aliphatic carbocycles. The highest BCUT2D eigenvalue weighted by atomic mass is 32.1. The molecule has 0 bridgehead atoms. The van der Waals surface area contributed by atoms with Crippen molar-refractivity contribution in [1.29, 1.82) is 0 Å². The van der Waals surface area contributed by atoms with Gasteiger partial charge >= 0.3 is 0 Å². The van der Waals surface area contributed by atoms with Gasteiger partial charge in [-0.2, -0.15) is 0 Å². The van der Waals surface area contributed by atoms with Crippen molar-refractivity contribution in [3.8, 4) is 0 Å². The van der Waals surface area contributed by atoms with E-state index in [2.05, 4.69) is 48.5 Å². The molecule has 53 heavy (non-hydrogen) atoms. The lowest BCUT2D eigenvalue weighted by molar-refractivity contribution is 0.394. The maximum atomic E-state index is 5.70. The summed E-state index contributed by atoms with van der Waals surface area (Å²) < 4.78 is 5.61. The summed E-state index contributed by atoms with van der Waals surface area (Å²) in [5, 5.41) is 29.3. The molecule has 0 aromatic heterocycles. The second kappa shape index (κ2) is 6.98. The van der Waals surface area contributed by atoms with Gasteiger partial charge in [-0.3, -0.25) is 0 Å². The minimum Gasteiger partial charge on any atom is -0.490 e. The minimum absolute atomic E-state index is 0.0445. The number of hydrogen-bond donors (Lipinski definition) is 0. The SMILES string of the molecule is COC(=S)CCCC1(c2ccccc2)C2c3cc4c5c6c(cc7c8c9c%10c%11c%12c%13c%14c%15c(c%16c3c5c3c%16c%14c%12c9c3c68)C21CC%15C=C%13CC%11CC=%10C7)C4. The molecule has 0 aliphatic heterocycles. The van der Waals surface area contributed by atoms with Gasteiger partial charge in [0.25, 0.3) is 0 Å². The van der Waals surface area contributed by atoms with E-state index in [0.29, 0.717) is 17.8 Å². The normalized spacial score (nSPS) is 28.4. The molecule has 0 amide bonds. The molecule has 0 heterocycles. The number of ether oxygens (including phenoxy) is 1. The van der Waals surface area contributed by atoms with Crippen molar-refractivity contribution < 1.29 is 4.74 Å². The molecule has 2 heteroatoms. The predicted octanol–water partition coefficient (Wildman–Crippen LogP) is 11.6. The van der Waals surface area contributed by atoms with E-state index >= 15 is 0 Å². The largest absolute Gasteiger partial charge is 0.490 e. The van der Waals surface area contributed by atoms with Crippen molar-refractivity contribution >= 4 is 115 Å². The van der Waals surface area contributed by atoms with E-state index in [9.17, 15) is 0 Å². The fraction of sp³-hybridized carbons (Fsp3) is 0.275. The zero-order valence-electron chi connectivity index (χ0n) is 29.3. The summed E-state index contributed by atoms with van der Waals surface area (Å²) in [7, 11) is 1.76. The van der Waals surface area contributed by atoms with E-state index in [1.54, 1.807) is 160 Å². The minimum atomic E-state index is 0.0445. The van der Waals surface area contributed by atoms with Gasteiger partial charge in [-0.25, -0.2) is 0 Å². The Morgan fingerprint density at radius 1 is 0.736 bits per heavy atom. The number of rotatable bonds is 5. The number of fused-ring (bicyclic) bond motifs is 1. The van der Waals surface area contributed by atoms with Crippen molar-refractivity contribution in [3.63, 3.8) is 0 Å². The molecule has 0 radical (unpaired) electrons. The van der Waals surface area contributed by atoms with E-state index < -0.39 is 0 Å². The molecule has 0 N–H and O–H groups in total. The molecule has 1 saturated carbocycles. The Kier molecular flexibility index (Phi) is 3.33. The molecule has 0 saturated heterocycles. The lowest BCUT2D eigenvalue weighted by atomic mass is 9.75. The fourth-order valence-corrected chi connectivity index (χ4v) is 17.2. The molecule has 10 aromatic rings. The highest BCUT2D eigenvalue weighted by molar-refractivity contribution is 7.80. The summed E-state index contributed by atoms with van der Waals surface area (Å²) in [5.41, 5.74) is 18.8. The Morgan fingerprint density at radius 2 is 1.43 bits per heavy atom. The first kappa shape index (κ1) is 25.3. The van der Waals surface area contributed by atoms with Crippen LogP contribution < -0.4 is 5.22 Å². The molecule has 18 rings (SSSR count). The zero-order valence-corrected chi connectivity index (χ0v) is 30.1. The lowest BCUT2D eigenvalue weighted by Crippen LogP contribution is -2.21. The number of methoxy groups -OCH3 is 1. The molecule has 8 aliphatic rings. The molecule has 10 aromatic carbocycles. The third-order valence-corrected chi connectivity index (χ3v) is 18.2. The highest BCUT2D eigenvalue weighted by Gasteiger charge is 2.81. The topological polar surface area (TPSA) is 9.23 Å². The second-order valence-electron chi connectivity index (χ2n) is 19.0. The van der Waals surface area contributed by atoms with E-state index in [-0.39, 0.29) is 10.8 Å². The van der Waals surface area contributed by atoms with Crippen LogP contribution in [-0.2, 0) is 28.4 Å². The summed E-state index contributed by atoms with van der Waals surface area (Å²) in [6, 6.07) is 17.4. The third kappa shape index (κ3) is 1.99. The van der Waals surface area contributed by atoms with E-state index in [1.807, 2.05) is 0 Å². The van der Waals surface area contributed by atoms with Crippen molar-refractivity contribution in [1.82, 2.24) is 0 Å². The monoisotopic (exact) mass is 690 g/mol. The summed E-state index contributed by atoms with van der Waals surface area (Å²) >= 11 is 5.70. The average Bonchev–Trinajstić information content (AvgIpc) is 3.86. The van der Waals surface area contributed by atoms with Crippen molar-refractivity contribution in [2.24, 2.45) is 0 Å². The highest BCUT2D eigenvalue weighted by Crippen LogP contribution is 2.87. The van der Waals surface area contributed by atoms with E-state index in [0.717, 1.165) is 37.2 Å². The molecule has 5 atom stereocenters. The molecular formula is C51H30OS. The lowest BCUT2D eigenvalue weighted by Gasteiger charge is -2.28. The van der Waals surface area contributed by atoms with Crippen LogP contribution in [0.1, 0.15) is 106 Å². The van der Waals surface area contributed by atoms with Crippen LogP contribution in [0, 0.1) is 0 Å². The van der Waals surface area contributed by atoms with Crippen LogP contribution in [0.2, 0.25) is 0 Å². The molecule has 1 nitrogen and oxygen atoms in total. The average molecular weight is 691 g/mol. The van der Waals surface area contributed by atoms with Crippen LogP contribution in [0.5, 0.6) is 0 Å². The number of allylic oxidation sites excluding steroid dienone is 2. The van der Waals surface area contributed by atoms with E-state index in [4.69, 9.17) is 17.0 Å². The predicted molar refractivity (Wildman–Crippen MR) is 221 cm³/mol. The quantitative estimate of drug-likeness (QED) is 0.131.